The zero-order chi connectivity index (χ0) is 29.4. The Morgan fingerprint density at radius 2 is 1.80 bits per heavy atom. The van der Waals surface area contributed by atoms with Crippen molar-refractivity contribution in [2.45, 2.75) is 57.4 Å². The number of piperazine rings is 1. The molecule has 0 radical (unpaired) electrons. The number of halogens is 4. The lowest BCUT2D eigenvalue weighted by atomic mass is 9.77. The van der Waals surface area contributed by atoms with Gasteiger partial charge in [-0.05, 0) is 68.0 Å². The first-order valence-electron chi connectivity index (χ1n) is 13.3. The van der Waals surface area contributed by atoms with E-state index in [4.69, 9.17) is 11.6 Å². The predicted molar refractivity (Wildman–Crippen MR) is 145 cm³/mol. The first kappa shape index (κ1) is 30.1. The number of hydrogen-bond donors (Lipinski definition) is 2. The molecular weight excluding hydrogens is 547 g/mol. The minimum Gasteiger partial charge on any atom is -0.396 e. The van der Waals surface area contributed by atoms with E-state index >= 15 is 0 Å². The molecule has 7 nitrogen and oxygen atoms in total. The van der Waals surface area contributed by atoms with Crippen molar-refractivity contribution >= 4 is 23.5 Å². The summed E-state index contributed by atoms with van der Waals surface area (Å²) in [4.78, 5) is 32.6. The number of alkyl halides is 3. The van der Waals surface area contributed by atoms with E-state index in [0.29, 0.717) is 6.42 Å². The van der Waals surface area contributed by atoms with Crippen LogP contribution in [0.5, 0.6) is 0 Å². The van der Waals surface area contributed by atoms with Crippen molar-refractivity contribution in [3.05, 3.63) is 69.7 Å². The van der Waals surface area contributed by atoms with Crippen molar-refractivity contribution in [3.63, 3.8) is 0 Å². The summed E-state index contributed by atoms with van der Waals surface area (Å²) in [6, 6.07) is 8.86. The Morgan fingerprint density at radius 1 is 1.15 bits per heavy atom. The van der Waals surface area contributed by atoms with E-state index in [2.05, 4.69) is 0 Å². The molecule has 0 saturated carbocycles. The third-order valence-corrected chi connectivity index (χ3v) is 8.76. The van der Waals surface area contributed by atoms with Crippen LogP contribution in [0.25, 0.3) is 0 Å². The van der Waals surface area contributed by atoms with Gasteiger partial charge >= 0.3 is 12.2 Å². The number of benzene rings is 2. The van der Waals surface area contributed by atoms with Gasteiger partial charge in [-0.15, -0.1) is 0 Å². The number of hydrogen-bond acceptors (Lipinski definition) is 4. The van der Waals surface area contributed by atoms with Crippen molar-refractivity contribution in [1.29, 1.82) is 0 Å². The first-order valence-corrected chi connectivity index (χ1v) is 13.7. The highest BCUT2D eigenvalue weighted by Gasteiger charge is 2.56. The van der Waals surface area contributed by atoms with Gasteiger partial charge in [0.2, 0.25) is 5.91 Å². The molecule has 11 heteroatoms. The molecule has 2 N–H and O–H groups in total. The fourth-order valence-corrected chi connectivity index (χ4v) is 6.50. The van der Waals surface area contributed by atoms with Gasteiger partial charge < -0.3 is 24.9 Å². The molecule has 4 rings (SSSR count). The van der Waals surface area contributed by atoms with Crippen LogP contribution in [0.1, 0.15) is 60.5 Å². The molecule has 3 atom stereocenters. The van der Waals surface area contributed by atoms with Crippen LogP contribution in [0.2, 0.25) is 5.02 Å². The summed E-state index contributed by atoms with van der Waals surface area (Å²) in [5.41, 5.74) is 0.236. The monoisotopic (exact) mass is 581 g/mol. The summed E-state index contributed by atoms with van der Waals surface area (Å²) >= 11 is 6.02. The number of fused-ring (bicyclic) bond motifs is 1. The second-order valence-electron chi connectivity index (χ2n) is 10.8. The summed E-state index contributed by atoms with van der Waals surface area (Å²) in [6.45, 7) is 3.66. The van der Waals surface area contributed by atoms with Crippen LogP contribution >= 0.6 is 11.6 Å². The summed E-state index contributed by atoms with van der Waals surface area (Å²) in [6.07, 6.45) is -3.81. The Hall–Kier alpha value is -2.82. The summed E-state index contributed by atoms with van der Waals surface area (Å²) < 4.78 is 40.4. The number of carbonyl (C=O) groups is 2. The lowest BCUT2D eigenvalue weighted by Gasteiger charge is -2.47. The fraction of sp³-hybridized carbons (Fsp3) is 0.517. The maximum Gasteiger partial charge on any atom is 0.416 e. The lowest BCUT2D eigenvalue weighted by Crippen LogP contribution is -2.57. The second kappa shape index (κ2) is 11.6. The molecule has 2 saturated heterocycles. The highest BCUT2D eigenvalue weighted by atomic mass is 35.5. The molecule has 2 aromatic rings. The van der Waals surface area contributed by atoms with Crippen LogP contribution in [0, 0.1) is 12.3 Å². The molecule has 0 aromatic heterocycles. The van der Waals surface area contributed by atoms with E-state index in [0.717, 1.165) is 23.3 Å². The van der Waals surface area contributed by atoms with Crippen LogP contribution in [0.15, 0.2) is 42.5 Å². The topological polar surface area (TPSA) is 84.3 Å². The van der Waals surface area contributed by atoms with Gasteiger partial charge in [0.05, 0.1) is 29.1 Å². The number of rotatable bonds is 7. The van der Waals surface area contributed by atoms with Crippen LogP contribution < -0.4 is 0 Å². The number of urea groups is 1. The molecule has 0 bridgehead atoms. The number of aryl methyl sites for hydroxylation is 1. The van der Waals surface area contributed by atoms with Gasteiger partial charge in [0.15, 0.2) is 0 Å². The molecule has 2 aliphatic rings. The summed E-state index contributed by atoms with van der Waals surface area (Å²) in [5, 5.41) is 19.5. The second-order valence-corrected chi connectivity index (χ2v) is 11.3. The predicted octanol–water partition coefficient (Wildman–Crippen LogP) is 5.19. The lowest BCUT2D eigenvalue weighted by molar-refractivity contribution is -0.140. The van der Waals surface area contributed by atoms with Crippen LogP contribution in [-0.4, -0.2) is 76.2 Å². The molecular formula is C29H35ClF3N3O4. The quantitative estimate of drug-likeness (QED) is 0.471. The Balaban J connectivity index is 1.71. The van der Waals surface area contributed by atoms with Crippen molar-refractivity contribution < 1.29 is 33.0 Å². The van der Waals surface area contributed by atoms with Crippen LogP contribution in [0.4, 0.5) is 18.0 Å². The van der Waals surface area contributed by atoms with Crippen molar-refractivity contribution in [3.8, 4) is 0 Å². The third kappa shape index (κ3) is 5.53. The fourth-order valence-electron chi connectivity index (χ4n) is 6.25. The minimum atomic E-state index is -4.58. The average Bonchev–Trinajstić information content (AvgIpc) is 3.18. The van der Waals surface area contributed by atoms with E-state index in [1.165, 1.54) is 11.0 Å². The molecule has 2 aliphatic heterocycles. The van der Waals surface area contributed by atoms with Crippen LogP contribution in [0.3, 0.4) is 0 Å². The molecule has 2 fully saturated rings. The number of carbonyl (C=O) groups excluding carboxylic acids is 2. The maximum atomic E-state index is 14.1. The molecule has 2 aromatic carbocycles. The summed E-state index contributed by atoms with van der Waals surface area (Å²) in [7, 11) is 1.55. The molecule has 0 spiro atoms. The van der Waals surface area contributed by atoms with Gasteiger partial charge in [0.1, 0.15) is 0 Å². The Kier molecular flexibility index (Phi) is 8.73. The van der Waals surface area contributed by atoms with E-state index in [-0.39, 0.29) is 61.7 Å². The van der Waals surface area contributed by atoms with E-state index in [9.17, 15) is 33.0 Å². The summed E-state index contributed by atoms with van der Waals surface area (Å²) in [5.74, 6) is -0.133. The normalized spacial score (nSPS) is 21.4. The zero-order valence-electron chi connectivity index (χ0n) is 22.8. The molecule has 40 heavy (non-hydrogen) atoms. The smallest absolute Gasteiger partial charge is 0.396 e. The largest absolute Gasteiger partial charge is 0.416 e. The maximum absolute atomic E-state index is 14.1. The van der Waals surface area contributed by atoms with Crippen LogP contribution in [-0.2, 0) is 11.0 Å². The molecule has 0 unspecified atom stereocenters. The Morgan fingerprint density at radius 3 is 2.40 bits per heavy atom. The SMILES string of the molecule is Cc1ccccc1[C@H]1[C@@H]2CC(CCO)(CCO)C(=O)N2CCN1C(=O)N(C)[C@@H](C)c1cc(Cl)cc(C(F)(F)F)c1. The number of aliphatic hydroxyl groups excluding tert-OH is 2. The van der Waals surface area contributed by atoms with Crippen molar-refractivity contribution in [1.82, 2.24) is 14.7 Å². The molecule has 2 heterocycles. The number of amides is 3. The van der Waals surface area contributed by atoms with Gasteiger partial charge in [-0.2, -0.15) is 13.2 Å². The van der Waals surface area contributed by atoms with Gasteiger partial charge in [0.25, 0.3) is 0 Å². The minimum absolute atomic E-state index is 0.0718. The Bertz CT molecular complexity index is 1250. The standard InChI is InChI=1S/C29H35ClF3N3O4/c1-18-6-4-5-7-23(18)25-24-17-28(8-12-37,9-13-38)26(39)35(24)10-11-36(25)27(40)34(3)19(2)20-14-21(29(31,32)33)16-22(30)15-20/h4-7,14-16,19,24-25,37-38H,8-13,17H2,1-3H3/t19-,24-,25-/m0/s1. The van der Waals surface area contributed by atoms with E-state index in [1.54, 1.807) is 23.8 Å². The van der Waals surface area contributed by atoms with Gasteiger partial charge in [0, 0.05) is 38.4 Å². The number of nitrogens with zero attached hydrogens (tertiary/aromatic N) is 3. The van der Waals surface area contributed by atoms with E-state index in [1.807, 2.05) is 31.2 Å². The van der Waals surface area contributed by atoms with Gasteiger partial charge in [-0.1, -0.05) is 35.9 Å². The Labute approximate surface area is 237 Å². The number of aliphatic hydroxyl groups is 2. The third-order valence-electron chi connectivity index (χ3n) is 8.54. The first-order chi connectivity index (χ1) is 18.8. The van der Waals surface area contributed by atoms with E-state index < -0.39 is 35.3 Å². The average molecular weight is 582 g/mol. The van der Waals surface area contributed by atoms with Gasteiger partial charge in [-0.25, -0.2) is 4.79 Å². The highest BCUT2D eigenvalue weighted by molar-refractivity contribution is 6.30. The highest BCUT2D eigenvalue weighted by Crippen LogP contribution is 2.49. The van der Waals surface area contributed by atoms with Crippen molar-refractivity contribution in [2.24, 2.45) is 5.41 Å². The molecule has 3 amide bonds. The van der Waals surface area contributed by atoms with Gasteiger partial charge in [-0.3, -0.25) is 4.79 Å². The van der Waals surface area contributed by atoms with Crippen molar-refractivity contribution in [2.75, 3.05) is 33.4 Å². The zero-order valence-corrected chi connectivity index (χ0v) is 23.5. The molecule has 218 valence electrons. The molecule has 0 aliphatic carbocycles.